The van der Waals surface area contributed by atoms with E-state index in [-0.39, 0.29) is 5.92 Å². The van der Waals surface area contributed by atoms with E-state index in [2.05, 4.69) is 40.4 Å². The zero-order valence-corrected chi connectivity index (χ0v) is 15.8. The van der Waals surface area contributed by atoms with Gasteiger partial charge in [0.05, 0.1) is 5.52 Å². The summed E-state index contributed by atoms with van der Waals surface area (Å²) in [6.45, 7) is 4.29. The van der Waals surface area contributed by atoms with Gasteiger partial charge in [-0.2, -0.15) is 0 Å². The molecular weight excluding hydrogens is 334 g/mol. The van der Waals surface area contributed by atoms with Crippen molar-refractivity contribution in [2.45, 2.75) is 57.9 Å². The molecule has 1 aliphatic carbocycles. The van der Waals surface area contributed by atoms with Gasteiger partial charge in [-0.05, 0) is 31.0 Å². The Hall–Kier alpha value is -1.88. The van der Waals surface area contributed by atoms with E-state index in [9.17, 15) is 0 Å². The largest absolute Gasteiger partial charge is 0.342 e. The fourth-order valence-electron chi connectivity index (χ4n) is 3.85. The predicted molar refractivity (Wildman–Crippen MR) is 103 cm³/mol. The Bertz CT molecular complexity index is 911. The van der Waals surface area contributed by atoms with Crippen LogP contribution < -0.4 is 4.90 Å². The van der Waals surface area contributed by atoms with Gasteiger partial charge in [0.1, 0.15) is 5.82 Å². The van der Waals surface area contributed by atoms with Crippen molar-refractivity contribution in [1.29, 1.82) is 0 Å². The number of hydrogen-bond donors (Lipinski definition) is 0. The minimum atomic E-state index is 0.278. The summed E-state index contributed by atoms with van der Waals surface area (Å²) < 4.78 is 2.13. The molecule has 1 aromatic carbocycles. The number of rotatable bonds is 3. The normalized spacial score (nSPS) is 16.2. The van der Waals surface area contributed by atoms with Crippen LogP contribution in [0.4, 0.5) is 5.95 Å². The third-order valence-corrected chi connectivity index (χ3v) is 5.50. The lowest BCUT2D eigenvalue weighted by atomic mass is 9.95. The number of fused-ring (bicyclic) bond motifs is 3. The molecule has 0 unspecified atom stereocenters. The summed E-state index contributed by atoms with van der Waals surface area (Å²) in [5.74, 6) is 2.16. The lowest BCUT2D eigenvalue weighted by molar-refractivity contribution is 0.423. The number of aromatic nitrogens is 4. The first-order chi connectivity index (χ1) is 12.1. The average molecular weight is 358 g/mol. The van der Waals surface area contributed by atoms with Crippen molar-refractivity contribution in [2.75, 3.05) is 11.9 Å². The predicted octanol–water partition coefficient (Wildman–Crippen LogP) is 4.82. The van der Waals surface area contributed by atoms with Crippen molar-refractivity contribution in [3.8, 4) is 0 Å². The maximum Gasteiger partial charge on any atom is 0.213 e. The molecule has 1 aliphatic rings. The van der Waals surface area contributed by atoms with Crippen molar-refractivity contribution in [1.82, 2.24) is 19.6 Å². The third-order valence-electron chi connectivity index (χ3n) is 5.26. The van der Waals surface area contributed by atoms with E-state index in [0.29, 0.717) is 11.1 Å². The Morgan fingerprint density at radius 2 is 1.92 bits per heavy atom. The Balaban J connectivity index is 1.96. The Morgan fingerprint density at radius 3 is 2.64 bits per heavy atom. The summed E-state index contributed by atoms with van der Waals surface area (Å²) in [7, 11) is 2.15. The van der Waals surface area contributed by atoms with E-state index in [0.717, 1.165) is 28.3 Å². The molecule has 0 aliphatic heterocycles. The summed E-state index contributed by atoms with van der Waals surface area (Å²) in [5, 5.41) is 10.6. The summed E-state index contributed by atoms with van der Waals surface area (Å²) >= 11 is 6.21. The number of halogens is 1. The van der Waals surface area contributed by atoms with E-state index in [1.54, 1.807) is 0 Å². The van der Waals surface area contributed by atoms with Crippen LogP contribution in [-0.2, 0) is 0 Å². The number of benzene rings is 1. The van der Waals surface area contributed by atoms with Crippen LogP contribution in [0.2, 0.25) is 5.02 Å². The Labute approximate surface area is 153 Å². The standard InChI is InChI=1S/C19H24ClN5/c1-12(2)17-22-23-18-15-10-9-13(20)11-16(15)21-19(25(17)18)24(3)14-7-5-4-6-8-14/h9-12,14H,4-8H2,1-3H3. The first kappa shape index (κ1) is 16.6. The molecule has 132 valence electrons. The molecule has 25 heavy (non-hydrogen) atoms. The van der Waals surface area contributed by atoms with Gasteiger partial charge in [0.25, 0.3) is 0 Å². The topological polar surface area (TPSA) is 46.3 Å². The van der Waals surface area contributed by atoms with Gasteiger partial charge in [0.15, 0.2) is 5.65 Å². The summed E-state index contributed by atoms with van der Waals surface area (Å²) in [5.41, 5.74) is 1.74. The maximum atomic E-state index is 6.21. The average Bonchev–Trinajstić information content (AvgIpc) is 3.06. The van der Waals surface area contributed by atoms with Crippen LogP contribution in [0.25, 0.3) is 16.6 Å². The molecule has 1 saturated carbocycles. The van der Waals surface area contributed by atoms with E-state index in [1.165, 1.54) is 32.1 Å². The molecule has 0 atom stereocenters. The molecule has 1 fully saturated rings. The summed E-state index contributed by atoms with van der Waals surface area (Å²) in [6.07, 6.45) is 6.34. The smallest absolute Gasteiger partial charge is 0.213 e. The Kier molecular flexibility index (Phi) is 4.28. The molecule has 0 bridgehead atoms. The van der Waals surface area contributed by atoms with Crippen molar-refractivity contribution in [2.24, 2.45) is 0 Å². The summed E-state index contributed by atoms with van der Waals surface area (Å²) in [4.78, 5) is 7.30. The fraction of sp³-hybridized carbons (Fsp3) is 0.526. The van der Waals surface area contributed by atoms with Crippen LogP contribution in [0, 0.1) is 0 Å². The van der Waals surface area contributed by atoms with Gasteiger partial charge in [-0.15, -0.1) is 10.2 Å². The van der Waals surface area contributed by atoms with E-state index in [1.807, 2.05) is 18.2 Å². The quantitative estimate of drug-likeness (QED) is 0.674. The highest BCUT2D eigenvalue weighted by Crippen LogP contribution is 2.31. The summed E-state index contributed by atoms with van der Waals surface area (Å²) in [6, 6.07) is 6.31. The molecule has 4 rings (SSSR count). The molecular formula is C19H24ClN5. The van der Waals surface area contributed by atoms with Gasteiger partial charge in [-0.3, -0.25) is 0 Å². The zero-order chi connectivity index (χ0) is 17.6. The molecule has 3 aromatic rings. The monoisotopic (exact) mass is 357 g/mol. The van der Waals surface area contributed by atoms with E-state index in [4.69, 9.17) is 16.6 Å². The number of anilines is 1. The first-order valence-electron chi connectivity index (χ1n) is 9.13. The van der Waals surface area contributed by atoms with Crippen molar-refractivity contribution < 1.29 is 0 Å². The second-order valence-corrected chi connectivity index (χ2v) is 7.78. The lowest BCUT2D eigenvalue weighted by Gasteiger charge is -2.32. The molecule has 0 radical (unpaired) electrons. The Morgan fingerprint density at radius 1 is 1.16 bits per heavy atom. The van der Waals surface area contributed by atoms with Gasteiger partial charge in [-0.25, -0.2) is 9.38 Å². The van der Waals surface area contributed by atoms with Gasteiger partial charge in [0.2, 0.25) is 5.95 Å². The fourth-order valence-corrected chi connectivity index (χ4v) is 4.02. The van der Waals surface area contributed by atoms with Crippen LogP contribution in [0.5, 0.6) is 0 Å². The molecule has 0 amide bonds. The molecule has 6 heteroatoms. The molecule has 0 N–H and O–H groups in total. The van der Waals surface area contributed by atoms with E-state index >= 15 is 0 Å². The van der Waals surface area contributed by atoms with Gasteiger partial charge >= 0.3 is 0 Å². The minimum Gasteiger partial charge on any atom is -0.342 e. The van der Waals surface area contributed by atoms with Crippen LogP contribution >= 0.6 is 11.6 Å². The van der Waals surface area contributed by atoms with Gasteiger partial charge in [-0.1, -0.05) is 44.7 Å². The molecule has 2 heterocycles. The lowest BCUT2D eigenvalue weighted by Crippen LogP contribution is -2.35. The van der Waals surface area contributed by atoms with Crippen LogP contribution in [0.3, 0.4) is 0 Å². The molecule has 0 saturated heterocycles. The SMILES string of the molecule is CC(C)c1nnc2c3ccc(Cl)cc3nc(N(C)C3CCCCC3)n12. The second kappa shape index (κ2) is 6.45. The highest BCUT2D eigenvalue weighted by molar-refractivity contribution is 6.31. The minimum absolute atomic E-state index is 0.278. The highest BCUT2D eigenvalue weighted by atomic mass is 35.5. The zero-order valence-electron chi connectivity index (χ0n) is 15.0. The van der Waals surface area contributed by atoms with Crippen LogP contribution in [-0.4, -0.2) is 32.7 Å². The van der Waals surface area contributed by atoms with Crippen LogP contribution in [0.15, 0.2) is 18.2 Å². The number of hydrogen-bond acceptors (Lipinski definition) is 4. The molecule has 2 aromatic heterocycles. The second-order valence-electron chi connectivity index (χ2n) is 7.35. The van der Waals surface area contributed by atoms with Gasteiger partial charge < -0.3 is 4.90 Å². The van der Waals surface area contributed by atoms with Crippen molar-refractivity contribution in [3.05, 3.63) is 29.0 Å². The van der Waals surface area contributed by atoms with E-state index < -0.39 is 0 Å². The molecule has 0 spiro atoms. The van der Waals surface area contributed by atoms with Gasteiger partial charge in [0, 0.05) is 29.4 Å². The third kappa shape index (κ3) is 2.84. The first-order valence-corrected chi connectivity index (χ1v) is 9.51. The maximum absolute atomic E-state index is 6.21. The molecule has 5 nitrogen and oxygen atoms in total. The van der Waals surface area contributed by atoms with Crippen LogP contribution in [0.1, 0.15) is 57.7 Å². The highest BCUT2D eigenvalue weighted by Gasteiger charge is 2.24. The van der Waals surface area contributed by atoms with Crippen molar-refractivity contribution >= 4 is 34.1 Å². The van der Waals surface area contributed by atoms with Crippen molar-refractivity contribution in [3.63, 3.8) is 0 Å². The number of nitrogens with zero attached hydrogens (tertiary/aromatic N) is 5.